The van der Waals surface area contributed by atoms with E-state index in [1.165, 1.54) is 58.5 Å². The van der Waals surface area contributed by atoms with Gasteiger partial charge in [0.05, 0.1) is 6.61 Å². The molecule has 1 heterocycles. The number of esters is 1. The second kappa shape index (κ2) is 15.2. The van der Waals surface area contributed by atoms with Gasteiger partial charge in [-0.1, -0.05) is 71.1 Å². The lowest BCUT2D eigenvalue weighted by Gasteiger charge is -2.40. The van der Waals surface area contributed by atoms with Crippen molar-refractivity contribution in [3.8, 4) is 0 Å². The SMILES string of the molecule is CCCCCCCCCCCCCC(=O)O[C@H]1[C@H](O)[C@@H](O)[C@H](OC)O[C@@H]1CO. The largest absolute Gasteiger partial charge is 0.457 e. The van der Waals surface area contributed by atoms with Crippen molar-refractivity contribution in [3.05, 3.63) is 0 Å². The maximum Gasteiger partial charge on any atom is 0.306 e. The van der Waals surface area contributed by atoms with E-state index in [9.17, 15) is 20.1 Å². The van der Waals surface area contributed by atoms with Crippen LogP contribution in [-0.4, -0.2) is 65.7 Å². The molecule has 1 rings (SSSR count). The van der Waals surface area contributed by atoms with Crippen molar-refractivity contribution in [2.75, 3.05) is 13.7 Å². The first-order valence-corrected chi connectivity index (χ1v) is 10.9. The molecule has 0 bridgehead atoms. The number of carbonyl (C=O) groups excluding carboxylic acids is 1. The Balaban J connectivity index is 2.14. The summed E-state index contributed by atoms with van der Waals surface area (Å²) in [6.07, 6.45) is 7.60. The van der Waals surface area contributed by atoms with Gasteiger partial charge in [0.25, 0.3) is 0 Å². The third-order valence-electron chi connectivity index (χ3n) is 5.30. The first-order valence-electron chi connectivity index (χ1n) is 10.9. The summed E-state index contributed by atoms with van der Waals surface area (Å²) in [5.74, 6) is -0.454. The molecule has 1 fully saturated rings. The monoisotopic (exact) mass is 404 g/mol. The highest BCUT2D eigenvalue weighted by molar-refractivity contribution is 5.69. The van der Waals surface area contributed by atoms with Crippen LogP contribution in [0.25, 0.3) is 0 Å². The van der Waals surface area contributed by atoms with Crippen LogP contribution in [0.15, 0.2) is 0 Å². The fourth-order valence-electron chi connectivity index (χ4n) is 3.54. The summed E-state index contributed by atoms with van der Waals surface area (Å²) < 4.78 is 15.5. The van der Waals surface area contributed by atoms with Gasteiger partial charge < -0.3 is 29.5 Å². The maximum atomic E-state index is 12.1. The molecule has 1 aliphatic rings. The molecular weight excluding hydrogens is 364 g/mol. The van der Waals surface area contributed by atoms with Gasteiger partial charge in [0, 0.05) is 13.5 Å². The van der Waals surface area contributed by atoms with Crippen molar-refractivity contribution in [2.45, 2.75) is 115 Å². The number of hydrogen-bond acceptors (Lipinski definition) is 7. The third kappa shape index (κ3) is 9.18. The fourth-order valence-corrected chi connectivity index (χ4v) is 3.54. The highest BCUT2D eigenvalue weighted by atomic mass is 16.7. The number of aliphatic hydroxyl groups excluding tert-OH is 3. The Morgan fingerprint density at radius 2 is 1.43 bits per heavy atom. The van der Waals surface area contributed by atoms with E-state index >= 15 is 0 Å². The Morgan fingerprint density at radius 1 is 0.893 bits per heavy atom. The molecule has 0 aromatic carbocycles. The smallest absolute Gasteiger partial charge is 0.306 e. The Labute approximate surface area is 169 Å². The van der Waals surface area contributed by atoms with E-state index < -0.39 is 43.3 Å². The van der Waals surface area contributed by atoms with Gasteiger partial charge in [-0.2, -0.15) is 0 Å². The average Bonchev–Trinajstić information content (AvgIpc) is 2.70. The van der Waals surface area contributed by atoms with Crippen molar-refractivity contribution in [3.63, 3.8) is 0 Å². The molecule has 0 amide bonds. The van der Waals surface area contributed by atoms with Crippen LogP contribution in [0.3, 0.4) is 0 Å². The fraction of sp³-hybridized carbons (Fsp3) is 0.952. The Kier molecular flexibility index (Phi) is 13.7. The number of rotatable bonds is 15. The Bertz CT molecular complexity index is 402. The van der Waals surface area contributed by atoms with Gasteiger partial charge in [0.1, 0.15) is 18.3 Å². The number of methoxy groups -OCH3 is 1. The number of aliphatic hydroxyl groups is 3. The topological polar surface area (TPSA) is 105 Å². The van der Waals surface area contributed by atoms with Gasteiger partial charge in [0.15, 0.2) is 12.4 Å². The molecule has 0 unspecified atom stereocenters. The zero-order chi connectivity index (χ0) is 20.8. The van der Waals surface area contributed by atoms with Crippen molar-refractivity contribution < 1.29 is 34.3 Å². The van der Waals surface area contributed by atoms with Crippen LogP contribution in [0.5, 0.6) is 0 Å². The zero-order valence-corrected chi connectivity index (χ0v) is 17.6. The van der Waals surface area contributed by atoms with Crippen molar-refractivity contribution >= 4 is 5.97 Å². The van der Waals surface area contributed by atoms with E-state index in [2.05, 4.69) is 6.92 Å². The average molecular weight is 405 g/mol. The summed E-state index contributed by atoms with van der Waals surface area (Å²) in [5.41, 5.74) is 0. The number of ether oxygens (including phenoxy) is 3. The van der Waals surface area contributed by atoms with Crippen molar-refractivity contribution in [2.24, 2.45) is 0 Å². The van der Waals surface area contributed by atoms with Crippen LogP contribution in [0.4, 0.5) is 0 Å². The summed E-state index contributed by atoms with van der Waals surface area (Å²) >= 11 is 0. The third-order valence-corrected chi connectivity index (χ3v) is 5.30. The zero-order valence-electron chi connectivity index (χ0n) is 17.6. The van der Waals surface area contributed by atoms with E-state index in [0.29, 0.717) is 0 Å². The van der Waals surface area contributed by atoms with Gasteiger partial charge in [-0.3, -0.25) is 4.79 Å². The second-order valence-electron chi connectivity index (χ2n) is 7.68. The molecule has 0 saturated carbocycles. The quantitative estimate of drug-likeness (QED) is 0.285. The Hall–Kier alpha value is -0.730. The minimum Gasteiger partial charge on any atom is -0.457 e. The first kappa shape index (κ1) is 25.3. The van der Waals surface area contributed by atoms with E-state index in [1.54, 1.807) is 0 Å². The van der Waals surface area contributed by atoms with E-state index in [1.807, 2.05) is 0 Å². The van der Waals surface area contributed by atoms with Gasteiger partial charge in [0.2, 0.25) is 0 Å². The summed E-state index contributed by atoms with van der Waals surface area (Å²) in [5, 5.41) is 29.5. The second-order valence-corrected chi connectivity index (χ2v) is 7.68. The molecule has 7 heteroatoms. The highest BCUT2D eigenvalue weighted by Crippen LogP contribution is 2.24. The van der Waals surface area contributed by atoms with Crippen LogP contribution in [0.1, 0.15) is 84.0 Å². The van der Waals surface area contributed by atoms with E-state index in [-0.39, 0.29) is 6.42 Å². The predicted octanol–water partition coefficient (Wildman–Crippen LogP) is 2.68. The molecule has 166 valence electrons. The highest BCUT2D eigenvalue weighted by Gasteiger charge is 2.46. The predicted molar refractivity (Wildman–Crippen MR) is 106 cm³/mol. The van der Waals surface area contributed by atoms with E-state index in [4.69, 9.17) is 14.2 Å². The molecule has 3 N–H and O–H groups in total. The first-order chi connectivity index (χ1) is 13.5. The normalized spacial score (nSPS) is 27.7. The lowest BCUT2D eigenvalue weighted by atomic mass is 9.99. The summed E-state index contributed by atoms with van der Waals surface area (Å²) in [6.45, 7) is 1.78. The van der Waals surface area contributed by atoms with Crippen LogP contribution in [0, 0.1) is 0 Å². The molecule has 5 atom stereocenters. The van der Waals surface area contributed by atoms with Crippen LogP contribution < -0.4 is 0 Å². The Morgan fingerprint density at radius 3 is 1.93 bits per heavy atom. The van der Waals surface area contributed by atoms with Crippen molar-refractivity contribution in [1.82, 2.24) is 0 Å². The van der Waals surface area contributed by atoms with Crippen LogP contribution in [-0.2, 0) is 19.0 Å². The van der Waals surface area contributed by atoms with Crippen LogP contribution >= 0.6 is 0 Å². The molecule has 0 aromatic rings. The summed E-state index contributed by atoms with van der Waals surface area (Å²) in [4.78, 5) is 12.1. The maximum absolute atomic E-state index is 12.1. The standard InChI is InChI=1S/C21H40O7/c1-3-4-5-6-7-8-9-10-11-12-13-14-17(23)28-20-16(15-22)27-21(26-2)19(25)18(20)24/h16,18-22,24-25H,3-15H2,1-2H3/t16-,18-,19-,20-,21-/m1/s1. The van der Waals surface area contributed by atoms with Crippen molar-refractivity contribution in [1.29, 1.82) is 0 Å². The molecule has 0 aromatic heterocycles. The van der Waals surface area contributed by atoms with Crippen LogP contribution in [0.2, 0.25) is 0 Å². The number of unbranched alkanes of at least 4 members (excludes halogenated alkanes) is 10. The molecule has 1 aliphatic heterocycles. The van der Waals surface area contributed by atoms with Gasteiger partial charge >= 0.3 is 5.97 Å². The molecular formula is C21H40O7. The molecule has 28 heavy (non-hydrogen) atoms. The molecule has 1 saturated heterocycles. The van der Waals surface area contributed by atoms with E-state index in [0.717, 1.165) is 19.3 Å². The minimum absolute atomic E-state index is 0.252. The lowest BCUT2D eigenvalue weighted by molar-refractivity contribution is -0.297. The summed E-state index contributed by atoms with van der Waals surface area (Å²) in [6, 6.07) is 0. The number of carbonyl (C=O) groups is 1. The molecule has 0 aliphatic carbocycles. The van der Waals surface area contributed by atoms with Gasteiger partial charge in [-0.15, -0.1) is 0 Å². The van der Waals surface area contributed by atoms with Gasteiger partial charge in [-0.25, -0.2) is 0 Å². The molecule has 0 radical (unpaired) electrons. The van der Waals surface area contributed by atoms with Gasteiger partial charge in [-0.05, 0) is 6.42 Å². The minimum atomic E-state index is -1.36. The lowest BCUT2D eigenvalue weighted by Crippen LogP contribution is -2.60. The summed E-state index contributed by atoms with van der Waals surface area (Å²) in [7, 11) is 1.33. The number of hydrogen-bond donors (Lipinski definition) is 3. The molecule has 7 nitrogen and oxygen atoms in total. The molecule has 0 spiro atoms.